The van der Waals surface area contributed by atoms with Crippen molar-refractivity contribution in [2.75, 3.05) is 13.2 Å². The van der Waals surface area contributed by atoms with E-state index in [-0.39, 0.29) is 12.5 Å². The van der Waals surface area contributed by atoms with Gasteiger partial charge in [0.05, 0.1) is 6.61 Å². The van der Waals surface area contributed by atoms with E-state index in [0.717, 1.165) is 25.7 Å². The molecular weight excluding hydrogens is 238 g/mol. The van der Waals surface area contributed by atoms with Crippen LogP contribution in [0, 0.1) is 5.92 Å². The highest BCUT2D eigenvalue weighted by Crippen LogP contribution is 2.28. The van der Waals surface area contributed by atoms with E-state index in [1.54, 1.807) is 0 Å². The molecule has 0 unspecified atom stereocenters. The molecule has 2 aliphatic rings. The Hall–Kier alpha value is -0.570. The molecule has 1 amide bonds. The van der Waals surface area contributed by atoms with Crippen LogP contribution in [-0.2, 0) is 4.79 Å². The third kappa shape index (κ3) is 4.20. The second-order valence-electron chi connectivity index (χ2n) is 6.24. The minimum absolute atomic E-state index is 0.106. The summed E-state index contributed by atoms with van der Waals surface area (Å²) >= 11 is 0. The second kappa shape index (κ2) is 7.88. The lowest BCUT2D eigenvalue weighted by molar-refractivity contribution is -0.139. The van der Waals surface area contributed by atoms with Crippen molar-refractivity contribution >= 4 is 5.91 Å². The molecule has 3 heteroatoms. The van der Waals surface area contributed by atoms with Crippen molar-refractivity contribution in [1.29, 1.82) is 0 Å². The standard InChI is InChI=1S/C16H29NO2/c18-13-12-17(15-10-6-7-11-15)16(19)14-8-4-2-1-3-5-9-14/h14-15,18H,1-13H2. The second-order valence-corrected chi connectivity index (χ2v) is 6.24. The first-order valence-electron chi connectivity index (χ1n) is 8.24. The largest absolute Gasteiger partial charge is 0.395 e. The highest BCUT2D eigenvalue weighted by Gasteiger charge is 2.30. The molecule has 0 radical (unpaired) electrons. The molecule has 2 aliphatic carbocycles. The van der Waals surface area contributed by atoms with Gasteiger partial charge in [-0.25, -0.2) is 0 Å². The third-order valence-electron chi connectivity index (χ3n) is 4.84. The molecule has 2 rings (SSSR count). The van der Waals surface area contributed by atoms with Gasteiger partial charge < -0.3 is 10.0 Å². The van der Waals surface area contributed by atoms with Crippen molar-refractivity contribution in [1.82, 2.24) is 4.90 Å². The summed E-state index contributed by atoms with van der Waals surface area (Å²) in [7, 11) is 0. The fraction of sp³-hybridized carbons (Fsp3) is 0.938. The summed E-state index contributed by atoms with van der Waals surface area (Å²) in [5, 5.41) is 9.25. The van der Waals surface area contributed by atoms with Crippen LogP contribution < -0.4 is 0 Å². The molecule has 0 aromatic carbocycles. The van der Waals surface area contributed by atoms with Gasteiger partial charge in [0.2, 0.25) is 5.91 Å². The van der Waals surface area contributed by atoms with Crippen LogP contribution in [0.3, 0.4) is 0 Å². The number of hydrogen-bond donors (Lipinski definition) is 1. The van der Waals surface area contributed by atoms with E-state index >= 15 is 0 Å². The summed E-state index contributed by atoms with van der Waals surface area (Å²) in [4.78, 5) is 14.8. The maximum absolute atomic E-state index is 12.8. The zero-order valence-corrected chi connectivity index (χ0v) is 12.1. The molecule has 2 fully saturated rings. The van der Waals surface area contributed by atoms with Gasteiger partial charge in [-0.1, -0.05) is 44.9 Å². The molecule has 0 bridgehead atoms. The fourth-order valence-corrected chi connectivity index (χ4v) is 3.73. The van der Waals surface area contributed by atoms with Gasteiger partial charge >= 0.3 is 0 Å². The molecular formula is C16H29NO2. The molecule has 2 saturated carbocycles. The van der Waals surface area contributed by atoms with Crippen LogP contribution in [0.5, 0.6) is 0 Å². The highest BCUT2D eigenvalue weighted by molar-refractivity contribution is 5.79. The van der Waals surface area contributed by atoms with E-state index in [1.807, 2.05) is 4.90 Å². The molecule has 110 valence electrons. The highest BCUT2D eigenvalue weighted by atomic mass is 16.3. The van der Waals surface area contributed by atoms with Gasteiger partial charge in [0.15, 0.2) is 0 Å². The van der Waals surface area contributed by atoms with Gasteiger partial charge in [-0.2, -0.15) is 0 Å². The van der Waals surface area contributed by atoms with Crippen LogP contribution in [0.2, 0.25) is 0 Å². The van der Waals surface area contributed by atoms with E-state index in [9.17, 15) is 9.90 Å². The molecule has 0 spiro atoms. The maximum Gasteiger partial charge on any atom is 0.226 e. The molecule has 3 nitrogen and oxygen atoms in total. The Bertz CT molecular complexity index is 266. The van der Waals surface area contributed by atoms with E-state index < -0.39 is 0 Å². The van der Waals surface area contributed by atoms with E-state index in [4.69, 9.17) is 0 Å². The summed E-state index contributed by atoms with van der Waals surface area (Å²) in [6, 6.07) is 0.407. The predicted octanol–water partition coefficient (Wildman–Crippen LogP) is 3.11. The molecule has 0 atom stereocenters. The van der Waals surface area contributed by atoms with Gasteiger partial charge in [0.25, 0.3) is 0 Å². The molecule has 19 heavy (non-hydrogen) atoms. The van der Waals surface area contributed by atoms with Crippen LogP contribution in [0.1, 0.15) is 70.6 Å². The average Bonchev–Trinajstić information content (AvgIpc) is 2.88. The van der Waals surface area contributed by atoms with Crippen LogP contribution in [0.4, 0.5) is 0 Å². The zero-order valence-electron chi connectivity index (χ0n) is 12.1. The number of aliphatic hydroxyl groups is 1. The Balaban J connectivity index is 1.95. The Morgan fingerprint density at radius 3 is 2.00 bits per heavy atom. The first kappa shape index (κ1) is 14.8. The van der Waals surface area contributed by atoms with Crippen molar-refractivity contribution in [3.05, 3.63) is 0 Å². The Labute approximate surface area is 117 Å². The lowest BCUT2D eigenvalue weighted by Crippen LogP contribution is -2.44. The first-order valence-corrected chi connectivity index (χ1v) is 8.24. The molecule has 1 N–H and O–H groups in total. The number of carbonyl (C=O) groups excluding carboxylic acids is 1. The number of aliphatic hydroxyl groups excluding tert-OH is 1. The number of nitrogens with zero attached hydrogens (tertiary/aromatic N) is 1. The van der Waals surface area contributed by atoms with Crippen molar-refractivity contribution in [3.8, 4) is 0 Å². The molecule has 0 aliphatic heterocycles. The van der Waals surface area contributed by atoms with Crippen LogP contribution >= 0.6 is 0 Å². The van der Waals surface area contributed by atoms with E-state index in [2.05, 4.69) is 0 Å². The quantitative estimate of drug-likeness (QED) is 0.850. The number of rotatable bonds is 4. The minimum atomic E-state index is 0.106. The Morgan fingerprint density at radius 1 is 0.895 bits per heavy atom. The van der Waals surface area contributed by atoms with Gasteiger partial charge in [0, 0.05) is 18.5 Å². The van der Waals surface area contributed by atoms with Crippen LogP contribution in [0.25, 0.3) is 0 Å². The molecule has 0 saturated heterocycles. The minimum Gasteiger partial charge on any atom is -0.395 e. The van der Waals surface area contributed by atoms with E-state index in [1.165, 1.54) is 44.9 Å². The monoisotopic (exact) mass is 267 g/mol. The lowest BCUT2D eigenvalue weighted by atomic mass is 9.89. The van der Waals surface area contributed by atoms with Crippen LogP contribution in [0.15, 0.2) is 0 Å². The average molecular weight is 267 g/mol. The third-order valence-corrected chi connectivity index (χ3v) is 4.84. The summed E-state index contributed by atoms with van der Waals surface area (Å²) in [5.74, 6) is 0.565. The Kier molecular flexibility index (Phi) is 6.15. The smallest absolute Gasteiger partial charge is 0.226 e. The zero-order chi connectivity index (χ0) is 13.5. The normalized spacial score (nSPS) is 23.0. The topological polar surface area (TPSA) is 40.5 Å². The van der Waals surface area contributed by atoms with Crippen LogP contribution in [-0.4, -0.2) is 35.1 Å². The first-order chi connectivity index (χ1) is 9.33. The van der Waals surface area contributed by atoms with Gasteiger partial charge in [-0.15, -0.1) is 0 Å². The number of hydrogen-bond acceptors (Lipinski definition) is 2. The summed E-state index contributed by atoms with van der Waals surface area (Å²) in [6.45, 7) is 0.648. The SMILES string of the molecule is O=C(C1CCCCCCC1)N(CCO)C1CCCC1. The summed E-state index contributed by atoms with van der Waals surface area (Å²) in [5.41, 5.74) is 0. The lowest BCUT2D eigenvalue weighted by Gasteiger charge is -2.32. The number of amides is 1. The molecule has 0 aromatic rings. The fourth-order valence-electron chi connectivity index (χ4n) is 3.73. The van der Waals surface area contributed by atoms with Gasteiger partial charge in [-0.3, -0.25) is 4.79 Å². The predicted molar refractivity (Wildman–Crippen MR) is 76.9 cm³/mol. The van der Waals surface area contributed by atoms with Gasteiger partial charge in [0.1, 0.15) is 0 Å². The van der Waals surface area contributed by atoms with Gasteiger partial charge in [-0.05, 0) is 25.7 Å². The molecule has 0 heterocycles. The van der Waals surface area contributed by atoms with Crippen molar-refractivity contribution < 1.29 is 9.90 Å². The molecule has 0 aromatic heterocycles. The van der Waals surface area contributed by atoms with Crippen molar-refractivity contribution in [2.24, 2.45) is 5.92 Å². The number of carbonyl (C=O) groups is 1. The Morgan fingerprint density at radius 2 is 1.42 bits per heavy atom. The summed E-state index contributed by atoms with van der Waals surface area (Å²) in [6.07, 6.45) is 13.2. The van der Waals surface area contributed by atoms with E-state index in [0.29, 0.717) is 18.5 Å². The summed E-state index contributed by atoms with van der Waals surface area (Å²) < 4.78 is 0. The maximum atomic E-state index is 12.8. The van der Waals surface area contributed by atoms with Crippen molar-refractivity contribution in [2.45, 2.75) is 76.7 Å². The van der Waals surface area contributed by atoms with Crippen molar-refractivity contribution in [3.63, 3.8) is 0 Å².